The Bertz CT molecular complexity index is 777. The molecule has 0 fully saturated rings. The zero-order chi connectivity index (χ0) is 16.2. The van der Waals surface area contributed by atoms with Crippen molar-refractivity contribution in [3.05, 3.63) is 48.3 Å². The second kappa shape index (κ2) is 6.79. The monoisotopic (exact) mass is 309 g/mol. The lowest BCUT2D eigenvalue weighted by Crippen LogP contribution is -2.17. The van der Waals surface area contributed by atoms with Gasteiger partial charge in [0.2, 0.25) is 5.78 Å². The van der Waals surface area contributed by atoms with E-state index in [0.717, 1.165) is 48.1 Å². The number of imidazole rings is 1. The molecule has 0 saturated heterocycles. The number of anilines is 1. The van der Waals surface area contributed by atoms with Crippen LogP contribution < -0.4 is 5.32 Å². The summed E-state index contributed by atoms with van der Waals surface area (Å²) in [4.78, 5) is 11.4. The average Bonchev–Trinajstić information content (AvgIpc) is 2.96. The summed E-state index contributed by atoms with van der Waals surface area (Å²) in [5, 5.41) is 3.50. The number of hydrogen-bond acceptors (Lipinski definition) is 4. The van der Waals surface area contributed by atoms with Gasteiger partial charge in [0.05, 0.1) is 5.69 Å². The predicted molar refractivity (Wildman–Crippen MR) is 94.8 cm³/mol. The number of rotatable bonds is 6. The third-order valence-electron chi connectivity index (χ3n) is 3.73. The standard InChI is InChI=1S/C18H23N5/c1-14-12-17(19-10-7-11-22(2)3)23-13-16(21-18(23)20-14)15-8-5-4-6-9-15/h4-6,8-9,12-13,19H,7,10-11H2,1-3H3. The van der Waals surface area contributed by atoms with Gasteiger partial charge in [0, 0.05) is 30.1 Å². The highest BCUT2D eigenvalue weighted by atomic mass is 15.2. The maximum atomic E-state index is 4.66. The van der Waals surface area contributed by atoms with E-state index in [1.807, 2.05) is 35.7 Å². The lowest BCUT2D eigenvalue weighted by Gasteiger charge is -2.12. The minimum absolute atomic E-state index is 0.735. The Kier molecular flexibility index (Phi) is 4.57. The van der Waals surface area contributed by atoms with Gasteiger partial charge in [-0.15, -0.1) is 0 Å². The molecule has 0 amide bonds. The zero-order valence-corrected chi connectivity index (χ0v) is 14.0. The van der Waals surface area contributed by atoms with Crippen molar-refractivity contribution in [3.63, 3.8) is 0 Å². The van der Waals surface area contributed by atoms with Crippen molar-refractivity contribution in [2.24, 2.45) is 0 Å². The molecular weight excluding hydrogens is 286 g/mol. The van der Waals surface area contributed by atoms with Gasteiger partial charge in [0.15, 0.2) is 0 Å². The molecule has 0 bridgehead atoms. The van der Waals surface area contributed by atoms with Gasteiger partial charge in [-0.05, 0) is 34.0 Å². The van der Waals surface area contributed by atoms with Crippen LogP contribution in [0.5, 0.6) is 0 Å². The maximum Gasteiger partial charge on any atom is 0.236 e. The van der Waals surface area contributed by atoms with Crippen LogP contribution >= 0.6 is 0 Å². The second-order valence-electron chi connectivity index (χ2n) is 6.03. The van der Waals surface area contributed by atoms with Gasteiger partial charge >= 0.3 is 0 Å². The van der Waals surface area contributed by atoms with Crippen LogP contribution in [0.25, 0.3) is 17.0 Å². The van der Waals surface area contributed by atoms with Crippen LogP contribution in [0.15, 0.2) is 42.6 Å². The minimum Gasteiger partial charge on any atom is -0.371 e. The first kappa shape index (κ1) is 15.5. The molecule has 2 heterocycles. The Balaban J connectivity index is 1.87. The highest BCUT2D eigenvalue weighted by molar-refractivity contribution is 5.63. The molecule has 0 unspecified atom stereocenters. The van der Waals surface area contributed by atoms with Crippen molar-refractivity contribution in [2.45, 2.75) is 13.3 Å². The van der Waals surface area contributed by atoms with Gasteiger partial charge in [0.1, 0.15) is 5.82 Å². The van der Waals surface area contributed by atoms with Gasteiger partial charge in [-0.2, -0.15) is 0 Å². The van der Waals surface area contributed by atoms with Gasteiger partial charge in [0.25, 0.3) is 0 Å². The molecule has 1 N–H and O–H groups in total. The normalized spacial score (nSPS) is 11.3. The number of aromatic nitrogens is 3. The van der Waals surface area contributed by atoms with Crippen LogP contribution in [0.2, 0.25) is 0 Å². The molecule has 0 atom stereocenters. The van der Waals surface area contributed by atoms with Crippen LogP contribution in [0.4, 0.5) is 5.82 Å². The first-order chi connectivity index (χ1) is 11.1. The summed E-state index contributed by atoms with van der Waals surface area (Å²) in [5.74, 6) is 1.78. The first-order valence-electron chi connectivity index (χ1n) is 7.94. The van der Waals surface area contributed by atoms with E-state index in [9.17, 15) is 0 Å². The molecule has 0 spiro atoms. The largest absolute Gasteiger partial charge is 0.371 e. The molecule has 0 aliphatic carbocycles. The van der Waals surface area contributed by atoms with Crippen molar-refractivity contribution >= 4 is 11.6 Å². The molecule has 0 radical (unpaired) electrons. The van der Waals surface area contributed by atoms with Crippen molar-refractivity contribution in [3.8, 4) is 11.3 Å². The van der Waals surface area contributed by atoms with Crippen LogP contribution in [0.3, 0.4) is 0 Å². The highest BCUT2D eigenvalue weighted by Gasteiger charge is 2.09. The van der Waals surface area contributed by atoms with Crippen LogP contribution in [-0.2, 0) is 0 Å². The van der Waals surface area contributed by atoms with E-state index in [0.29, 0.717) is 0 Å². The molecule has 0 saturated carbocycles. The lowest BCUT2D eigenvalue weighted by molar-refractivity contribution is 0.405. The quantitative estimate of drug-likeness (QED) is 0.711. The number of hydrogen-bond donors (Lipinski definition) is 1. The second-order valence-corrected chi connectivity index (χ2v) is 6.03. The Morgan fingerprint density at radius 3 is 2.65 bits per heavy atom. The molecule has 5 heteroatoms. The molecule has 3 aromatic rings. The van der Waals surface area contributed by atoms with Crippen molar-refractivity contribution < 1.29 is 0 Å². The fourth-order valence-corrected chi connectivity index (χ4v) is 2.58. The summed E-state index contributed by atoms with van der Waals surface area (Å²) in [7, 11) is 4.19. The van der Waals surface area contributed by atoms with Crippen LogP contribution in [0, 0.1) is 6.92 Å². The molecule has 2 aromatic heterocycles. The van der Waals surface area contributed by atoms with Crippen molar-refractivity contribution in [1.82, 2.24) is 19.3 Å². The number of benzene rings is 1. The zero-order valence-electron chi connectivity index (χ0n) is 14.0. The summed E-state index contributed by atoms with van der Waals surface area (Å²) < 4.78 is 2.03. The summed E-state index contributed by atoms with van der Waals surface area (Å²) in [6.45, 7) is 4.00. The summed E-state index contributed by atoms with van der Waals surface area (Å²) in [5.41, 5.74) is 3.02. The molecule has 1 aromatic carbocycles. The van der Waals surface area contributed by atoms with Gasteiger partial charge in [-0.3, -0.25) is 4.40 Å². The summed E-state index contributed by atoms with van der Waals surface area (Å²) >= 11 is 0. The number of aryl methyl sites for hydroxylation is 1. The Morgan fingerprint density at radius 2 is 1.91 bits per heavy atom. The highest BCUT2D eigenvalue weighted by Crippen LogP contribution is 2.21. The molecule has 3 rings (SSSR count). The van der Waals surface area contributed by atoms with Crippen LogP contribution in [-0.4, -0.2) is 46.5 Å². The van der Waals surface area contributed by atoms with Crippen molar-refractivity contribution in [2.75, 3.05) is 32.5 Å². The summed E-state index contributed by atoms with van der Waals surface area (Å²) in [6.07, 6.45) is 3.14. The fourth-order valence-electron chi connectivity index (χ4n) is 2.58. The topological polar surface area (TPSA) is 45.5 Å². The fraction of sp³-hybridized carbons (Fsp3) is 0.333. The smallest absolute Gasteiger partial charge is 0.236 e. The molecule has 0 aliphatic heterocycles. The molecule has 23 heavy (non-hydrogen) atoms. The number of nitrogens with one attached hydrogen (secondary N) is 1. The molecular formula is C18H23N5. The van der Waals surface area contributed by atoms with E-state index in [2.05, 4.69) is 52.5 Å². The minimum atomic E-state index is 0.735. The van der Waals surface area contributed by atoms with Gasteiger partial charge in [-0.1, -0.05) is 30.3 Å². The lowest BCUT2D eigenvalue weighted by atomic mass is 10.2. The van der Waals surface area contributed by atoms with Gasteiger partial charge in [-0.25, -0.2) is 9.97 Å². The van der Waals surface area contributed by atoms with E-state index >= 15 is 0 Å². The van der Waals surface area contributed by atoms with E-state index in [1.165, 1.54) is 0 Å². The van der Waals surface area contributed by atoms with Crippen molar-refractivity contribution in [1.29, 1.82) is 0 Å². The third kappa shape index (κ3) is 3.68. The molecule has 0 aliphatic rings. The SMILES string of the molecule is Cc1cc(NCCCN(C)C)n2cc(-c3ccccc3)nc2n1. The first-order valence-corrected chi connectivity index (χ1v) is 7.94. The third-order valence-corrected chi connectivity index (χ3v) is 3.73. The Hall–Kier alpha value is -2.40. The van der Waals surface area contributed by atoms with Gasteiger partial charge < -0.3 is 10.2 Å². The van der Waals surface area contributed by atoms with E-state index < -0.39 is 0 Å². The molecule has 120 valence electrons. The number of fused-ring (bicyclic) bond motifs is 1. The van der Waals surface area contributed by atoms with E-state index in [1.54, 1.807) is 0 Å². The Morgan fingerprint density at radius 1 is 1.13 bits per heavy atom. The molecule has 5 nitrogen and oxygen atoms in total. The average molecular weight is 309 g/mol. The number of nitrogens with zero attached hydrogens (tertiary/aromatic N) is 4. The maximum absolute atomic E-state index is 4.66. The van der Waals surface area contributed by atoms with E-state index in [4.69, 9.17) is 0 Å². The summed E-state index contributed by atoms with van der Waals surface area (Å²) in [6, 6.07) is 12.3. The van der Waals surface area contributed by atoms with E-state index in [-0.39, 0.29) is 0 Å². The Labute approximate surface area is 137 Å². The predicted octanol–water partition coefficient (Wildman–Crippen LogP) is 3.07. The van der Waals surface area contributed by atoms with Crippen LogP contribution in [0.1, 0.15) is 12.1 Å².